The Morgan fingerprint density at radius 2 is 2.09 bits per heavy atom. The van der Waals surface area contributed by atoms with Crippen LogP contribution in [0.3, 0.4) is 0 Å². The lowest BCUT2D eigenvalue weighted by Crippen LogP contribution is -2.54. The fourth-order valence-electron chi connectivity index (χ4n) is 2.76. The van der Waals surface area contributed by atoms with Crippen LogP contribution in [0.2, 0.25) is 0 Å². The Labute approximate surface area is 130 Å². The maximum Gasteiger partial charge on any atom is 0.237 e. The number of piperazine rings is 1. The van der Waals surface area contributed by atoms with E-state index in [0.717, 1.165) is 37.7 Å². The SMILES string of the molecule is CC(C(=O)NCC1COc2ccccc2O1)N1CCNCC1. The van der Waals surface area contributed by atoms with Gasteiger partial charge in [-0.15, -0.1) is 0 Å². The smallest absolute Gasteiger partial charge is 0.237 e. The van der Waals surface area contributed by atoms with Gasteiger partial charge in [0.15, 0.2) is 11.5 Å². The number of benzene rings is 1. The summed E-state index contributed by atoms with van der Waals surface area (Å²) in [7, 11) is 0. The zero-order valence-electron chi connectivity index (χ0n) is 12.9. The molecule has 0 saturated carbocycles. The van der Waals surface area contributed by atoms with Gasteiger partial charge in [-0.1, -0.05) is 12.1 Å². The van der Waals surface area contributed by atoms with Crippen LogP contribution in [0.5, 0.6) is 11.5 Å². The number of fused-ring (bicyclic) bond motifs is 1. The molecule has 2 aliphatic heterocycles. The van der Waals surface area contributed by atoms with E-state index in [4.69, 9.17) is 9.47 Å². The number of amides is 1. The molecule has 2 unspecified atom stereocenters. The van der Waals surface area contributed by atoms with E-state index < -0.39 is 0 Å². The van der Waals surface area contributed by atoms with Crippen LogP contribution < -0.4 is 20.1 Å². The van der Waals surface area contributed by atoms with Crippen LogP contribution in [0.25, 0.3) is 0 Å². The monoisotopic (exact) mass is 305 g/mol. The maximum absolute atomic E-state index is 12.3. The van der Waals surface area contributed by atoms with Crippen molar-refractivity contribution in [3.63, 3.8) is 0 Å². The van der Waals surface area contributed by atoms with Crippen molar-refractivity contribution in [1.29, 1.82) is 0 Å². The molecule has 1 saturated heterocycles. The summed E-state index contributed by atoms with van der Waals surface area (Å²) in [4.78, 5) is 14.5. The van der Waals surface area contributed by atoms with Crippen molar-refractivity contribution < 1.29 is 14.3 Å². The van der Waals surface area contributed by atoms with Crippen molar-refractivity contribution in [2.75, 3.05) is 39.3 Å². The Kier molecular flexibility index (Phi) is 4.80. The van der Waals surface area contributed by atoms with Crippen LogP contribution in [-0.2, 0) is 4.79 Å². The van der Waals surface area contributed by atoms with Crippen molar-refractivity contribution in [1.82, 2.24) is 15.5 Å². The van der Waals surface area contributed by atoms with Crippen molar-refractivity contribution >= 4 is 5.91 Å². The van der Waals surface area contributed by atoms with Gasteiger partial charge in [0, 0.05) is 26.2 Å². The Morgan fingerprint density at radius 1 is 1.36 bits per heavy atom. The molecule has 120 valence electrons. The Bertz CT molecular complexity index is 517. The number of nitrogens with zero attached hydrogens (tertiary/aromatic N) is 1. The van der Waals surface area contributed by atoms with E-state index in [-0.39, 0.29) is 18.1 Å². The first kappa shape index (κ1) is 15.1. The molecule has 1 fully saturated rings. The summed E-state index contributed by atoms with van der Waals surface area (Å²) in [6, 6.07) is 7.48. The van der Waals surface area contributed by atoms with E-state index in [2.05, 4.69) is 15.5 Å². The first-order valence-electron chi connectivity index (χ1n) is 7.85. The summed E-state index contributed by atoms with van der Waals surface area (Å²) in [5.41, 5.74) is 0. The summed E-state index contributed by atoms with van der Waals surface area (Å²) in [5, 5.41) is 6.27. The van der Waals surface area contributed by atoms with Gasteiger partial charge < -0.3 is 20.1 Å². The number of hydrogen-bond donors (Lipinski definition) is 2. The molecule has 0 aromatic heterocycles. The molecule has 2 atom stereocenters. The molecule has 0 radical (unpaired) electrons. The van der Waals surface area contributed by atoms with Gasteiger partial charge in [-0.2, -0.15) is 0 Å². The molecule has 1 amide bonds. The highest BCUT2D eigenvalue weighted by Crippen LogP contribution is 2.30. The normalized spacial score (nSPS) is 22.9. The summed E-state index contributed by atoms with van der Waals surface area (Å²) < 4.78 is 11.5. The summed E-state index contributed by atoms with van der Waals surface area (Å²) >= 11 is 0. The van der Waals surface area contributed by atoms with Gasteiger partial charge in [-0.3, -0.25) is 9.69 Å². The van der Waals surface area contributed by atoms with Crippen LogP contribution in [0.4, 0.5) is 0 Å². The van der Waals surface area contributed by atoms with E-state index in [1.165, 1.54) is 0 Å². The van der Waals surface area contributed by atoms with Gasteiger partial charge >= 0.3 is 0 Å². The Balaban J connectivity index is 1.47. The largest absolute Gasteiger partial charge is 0.486 e. The number of nitrogens with one attached hydrogen (secondary N) is 2. The van der Waals surface area contributed by atoms with Gasteiger partial charge in [0.25, 0.3) is 0 Å². The van der Waals surface area contributed by atoms with Crippen molar-refractivity contribution in [2.24, 2.45) is 0 Å². The number of hydrogen-bond acceptors (Lipinski definition) is 5. The highest BCUT2D eigenvalue weighted by molar-refractivity contribution is 5.81. The average molecular weight is 305 g/mol. The molecule has 1 aromatic rings. The molecular formula is C16H23N3O3. The summed E-state index contributed by atoms with van der Waals surface area (Å²) in [6.07, 6.45) is -0.144. The minimum absolute atomic E-state index is 0.0457. The Morgan fingerprint density at radius 3 is 2.86 bits per heavy atom. The second kappa shape index (κ2) is 6.98. The second-order valence-electron chi connectivity index (χ2n) is 5.70. The average Bonchev–Trinajstić information content (AvgIpc) is 2.59. The minimum Gasteiger partial charge on any atom is -0.486 e. The van der Waals surface area contributed by atoms with Gasteiger partial charge in [0.2, 0.25) is 5.91 Å². The van der Waals surface area contributed by atoms with Crippen LogP contribution in [0.1, 0.15) is 6.92 Å². The predicted molar refractivity (Wildman–Crippen MR) is 83.3 cm³/mol. The highest BCUT2D eigenvalue weighted by atomic mass is 16.6. The molecule has 6 nitrogen and oxygen atoms in total. The lowest BCUT2D eigenvalue weighted by Gasteiger charge is -2.32. The Hall–Kier alpha value is -1.79. The third-order valence-electron chi connectivity index (χ3n) is 4.15. The summed E-state index contributed by atoms with van der Waals surface area (Å²) in [5.74, 6) is 1.55. The van der Waals surface area contributed by atoms with E-state index in [1.807, 2.05) is 31.2 Å². The molecule has 2 heterocycles. The zero-order valence-corrected chi connectivity index (χ0v) is 12.9. The van der Waals surface area contributed by atoms with E-state index >= 15 is 0 Å². The van der Waals surface area contributed by atoms with Crippen molar-refractivity contribution in [2.45, 2.75) is 19.1 Å². The molecule has 0 aliphatic carbocycles. The first-order chi connectivity index (χ1) is 10.7. The molecule has 2 aliphatic rings. The predicted octanol–water partition coefficient (Wildman–Crippen LogP) is 0.236. The van der Waals surface area contributed by atoms with Gasteiger partial charge in [-0.05, 0) is 19.1 Å². The second-order valence-corrected chi connectivity index (χ2v) is 5.70. The lowest BCUT2D eigenvalue weighted by atomic mass is 10.2. The van der Waals surface area contributed by atoms with Gasteiger partial charge in [0.1, 0.15) is 12.7 Å². The molecular weight excluding hydrogens is 282 g/mol. The third kappa shape index (κ3) is 3.51. The summed E-state index contributed by atoms with van der Waals surface area (Å²) in [6.45, 7) is 6.56. The molecule has 0 spiro atoms. The van der Waals surface area contributed by atoms with E-state index in [1.54, 1.807) is 0 Å². The fraction of sp³-hybridized carbons (Fsp3) is 0.562. The number of carbonyl (C=O) groups is 1. The molecule has 3 rings (SSSR count). The molecule has 2 N–H and O–H groups in total. The number of rotatable bonds is 4. The number of carbonyl (C=O) groups excluding carboxylic acids is 1. The number of para-hydroxylation sites is 2. The van der Waals surface area contributed by atoms with Gasteiger partial charge in [-0.25, -0.2) is 0 Å². The quantitative estimate of drug-likeness (QED) is 0.834. The van der Waals surface area contributed by atoms with Crippen molar-refractivity contribution in [3.05, 3.63) is 24.3 Å². The first-order valence-corrected chi connectivity index (χ1v) is 7.85. The van der Waals surface area contributed by atoms with E-state index in [9.17, 15) is 4.79 Å². The maximum atomic E-state index is 12.3. The fourth-order valence-corrected chi connectivity index (χ4v) is 2.76. The van der Waals surface area contributed by atoms with Crippen LogP contribution >= 0.6 is 0 Å². The van der Waals surface area contributed by atoms with E-state index in [0.29, 0.717) is 13.2 Å². The molecule has 22 heavy (non-hydrogen) atoms. The van der Waals surface area contributed by atoms with Crippen LogP contribution in [0.15, 0.2) is 24.3 Å². The van der Waals surface area contributed by atoms with Crippen LogP contribution in [-0.4, -0.2) is 62.3 Å². The topological polar surface area (TPSA) is 62.8 Å². The zero-order chi connectivity index (χ0) is 15.4. The highest BCUT2D eigenvalue weighted by Gasteiger charge is 2.25. The lowest BCUT2D eigenvalue weighted by molar-refractivity contribution is -0.126. The molecule has 0 bridgehead atoms. The van der Waals surface area contributed by atoms with Crippen molar-refractivity contribution in [3.8, 4) is 11.5 Å². The number of ether oxygens (including phenoxy) is 2. The standard InChI is InChI=1S/C16H23N3O3/c1-12(19-8-6-17-7-9-19)16(20)18-10-13-11-21-14-4-2-3-5-15(14)22-13/h2-5,12-13,17H,6-11H2,1H3,(H,18,20). The van der Waals surface area contributed by atoms with Gasteiger partial charge in [0.05, 0.1) is 12.6 Å². The molecule has 1 aromatic carbocycles. The third-order valence-corrected chi connectivity index (χ3v) is 4.15. The minimum atomic E-state index is -0.144. The van der Waals surface area contributed by atoms with Crippen LogP contribution in [0, 0.1) is 0 Å². The molecule has 6 heteroatoms.